The molecule has 1 saturated heterocycles. The Morgan fingerprint density at radius 2 is 1.21 bits per heavy atom. The SMILES string of the molecule is COc1ccc(C(c2ccccc2)(c2ccccc2)N(CCCCCCNC(=O)OCC2c3ccccc3-c3ccccc32)CCC(=O)ON2C(=O)CCC2=O)cc1. The number of amides is 3. The van der Waals surface area contributed by atoms with Crippen LogP contribution < -0.4 is 10.1 Å². The summed E-state index contributed by atoms with van der Waals surface area (Å²) in [4.78, 5) is 58.2. The Morgan fingerprint density at radius 1 is 0.672 bits per heavy atom. The van der Waals surface area contributed by atoms with Gasteiger partial charge in [0.1, 0.15) is 12.4 Å². The van der Waals surface area contributed by atoms with Gasteiger partial charge in [0.2, 0.25) is 0 Å². The Labute approximate surface area is 339 Å². The number of fused-ring (bicyclic) bond motifs is 3. The van der Waals surface area contributed by atoms with Crippen molar-refractivity contribution in [1.29, 1.82) is 0 Å². The fraction of sp³-hybridized carbons (Fsp3) is 0.292. The molecule has 0 saturated carbocycles. The molecule has 5 aromatic carbocycles. The lowest BCUT2D eigenvalue weighted by molar-refractivity contribution is -0.197. The molecule has 1 aliphatic heterocycles. The summed E-state index contributed by atoms with van der Waals surface area (Å²) in [5.41, 5.74) is 6.90. The van der Waals surface area contributed by atoms with Gasteiger partial charge in [-0.15, -0.1) is 5.06 Å². The van der Waals surface area contributed by atoms with Crippen LogP contribution >= 0.6 is 0 Å². The van der Waals surface area contributed by atoms with Crippen LogP contribution in [0.25, 0.3) is 11.1 Å². The summed E-state index contributed by atoms with van der Waals surface area (Å²) in [5.74, 6) is -0.947. The van der Waals surface area contributed by atoms with E-state index in [9.17, 15) is 19.2 Å². The highest BCUT2D eigenvalue weighted by atomic mass is 16.7. The number of unbranched alkanes of at least 4 members (excludes halogenated alkanes) is 3. The predicted molar refractivity (Wildman–Crippen MR) is 221 cm³/mol. The third-order valence-corrected chi connectivity index (χ3v) is 11.1. The average Bonchev–Trinajstić information content (AvgIpc) is 3.76. The number of ether oxygens (including phenoxy) is 2. The molecule has 1 aliphatic carbocycles. The van der Waals surface area contributed by atoms with Gasteiger partial charge in [0, 0.05) is 31.8 Å². The number of methoxy groups -OCH3 is 1. The predicted octanol–water partition coefficient (Wildman–Crippen LogP) is 8.39. The van der Waals surface area contributed by atoms with Crippen molar-refractivity contribution in [2.45, 2.75) is 56.4 Å². The zero-order chi connectivity index (χ0) is 40.3. The molecule has 0 bridgehead atoms. The highest BCUT2D eigenvalue weighted by Crippen LogP contribution is 2.45. The summed E-state index contributed by atoms with van der Waals surface area (Å²) < 4.78 is 11.3. The molecule has 1 heterocycles. The van der Waals surface area contributed by atoms with Gasteiger partial charge in [0.05, 0.1) is 19.1 Å². The van der Waals surface area contributed by atoms with Crippen LogP contribution in [0.5, 0.6) is 5.75 Å². The molecule has 0 aromatic heterocycles. The van der Waals surface area contributed by atoms with Crippen LogP contribution in [0.2, 0.25) is 0 Å². The molecule has 1 fully saturated rings. The lowest BCUT2D eigenvalue weighted by Gasteiger charge is -2.46. The maximum absolute atomic E-state index is 13.3. The molecule has 298 valence electrons. The monoisotopic (exact) mass is 779 g/mol. The number of hydrogen-bond acceptors (Lipinski definition) is 8. The molecule has 58 heavy (non-hydrogen) atoms. The molecule has 0 radical (unpaired) electrons. The second-order valence-corrected chi connectivity index (χ2v) is 14.6. The van der Waals surface area contributed by atoms with Crippen molar-refractivity contribution >= 4 is 23.9 Å². The minimum Gasteiger partial charge on any atom is -0.497 e. The number of imide groups is 1. The number of nitrogens with zero attached hydrogens (tertiary/aromatic N) is 2. The molecule has 10 nitrogen and oxygen atoms in total. The van der Waals surface area contributed by atoms with Crippen molar-refractivity contribution in [3.05, 3.63) is 161 Å². The lowest BCUT2D eigenvalue weighted by atomic mass is 9.75. The van der Waals surface area contributed by atoms with Crippen molar-refractivity contribution in [2.24, 2.45) is 0 Å². The van der Waals surface area contributed by atoms with Crippen molar-refractivity contribution in [2.75, 3.05) is 33.4 Å². The minimum absolute atomic E-state index is 0.00459. The third kappa shape index (κ3) is 8.67. The molecule has 7 rings (SSSR count). The van der Waals surface area contributed by atoms with E-state index in [2.05, 4.69) is 70.9 Å². The summed E-state index contributed by atoms with van der Waals surface area (Å²) >= 11 is 0. The summed E-state index contributed by atoms with van der Waals surface area (Å²) in [6, 6.07) is 44.9. The number of rotatable bonds is 18. The number of hydroxylamine groups is 2. The average molecular weight is 780 g/mol. The van der Waals surface area contributed by atoms with Crippen LogP contribution in [0.3, 0.4) is 0 Å². The molecule has 0 spiro atoms. The fourth-order valence-electron chi connectivity index (χ4n) is 8.34. The van der Waals surface area contributed by atoms with E-state index in [1.807, 2.05) is 72.8 Å². The van der Waals surface area contributed by atoms with E-state index in [1.54, 1.807) is 7.11 Å². The normalized spacial score (nSPS) is 13.7. The molecule has 10 heteroatoms. The Hall–Kier alpha value is -6.26. The van der Waals surface area contributed by atoms with E-state index < -0.39 is 29.4 Å². The van der Waals surface area contributed by atoms with Gasteiger partial charge in [-0.3, -0.25) is 14.5 Å². The molecule has 2 aliphatic rings. The zero-order valence-corrected chi connectivity index (χ0v) is 32.8. The minimum atomic E-state index is -0.833. The first kappa shape index (κ1) is 40.0. The van der Waals surface area contributed by atoms with E-state index in [0.29, 0.717) is 18.2 Å². The Bertz CT molecular complexity index is 2090. The van der Waals surface area contributed by atoms with Crippen molar-refractivity contribution in [3.8, 4) is 16.9 Å². The largest absolute Gasteiger partial charge is 0.497 e. The number of benzene rings is 5. The van der Waals surface area contributed by atoms with Crippen LogP contribution in [-0.4, -0.2) is 67.2 Å². The lowest BCUT2D eigenvalue weighted by Crippen LogP contribution is -2.49. The van der Waals surface area contributed by atoms with Gasteiger partial charge in [-0.2, -0.15) is 0 Å². The second-order valence-electron chi connectivity index (χ2n) is 14.6. The maximum Gasteiger partial charge on any atom is 0.407 e. The number of alkyl carbamates (subject to hydrolysis) is 1. The first-order valence-electron chi connectivity index (χ1n) is 20.1. The van der Waals surface area contributed by atoms with Crippen molar-refractivity contribution in [3.63, 3.8) is 0 Å². The van der Waals surface area contributed by atoms with Crippen molar-refractivity contribution in [1.82, 2.24) is 15.3 Å². The van der Waals surface area contributed by atoms with Crippen LogP contribution in [0.15, 0.2) is 133 Å². The first-order chi connectivity index (χ1) is 28.4. The Morgan fingerprint density at radius 3 is 1.79 bits per heavy atom. The van der Waals surface area contributed by atoms with E-state index >= 15 is 0 Å². The summed E-state index contributed by atoms with van der Waals surface area (Å²) in [7, 11) is 1.64. The van der Waals surface area contributed by atoms with Crippen LogP contribution in [0, 0.1) is 0 Å². The van der Waals surface area contributed by atoms with Gasteiger partial charge in [0.15, 0.2) is 0 Å². The van der Waals surface area contributed by atoms with E-state index in [4.69, 9.17) is 14.3 Å². The Kier molecular flexibility index (Phi) is 12.9. The van der Waals surface area contributed by atoms with Gasteiger partial charge in [-0.25, -0.2) is 9.59 Å². The van der Waals surface area contributed by atoms with E-state index in [-0.39, 0.29) is 38.3 Å². The van der Waals surface area contributed by atoms with Crippen LogP contribution in [0.1, 0.15) is 78.7 Å². The highest BCUT2D eigenvalue weighted by molar-refractivity contribution is 6.01. The summed E-state index contributed by atoms with van der Waals surface area (Å²) in [6.45, 7) is 1.63. The van der Waals surface area contributed by atoms with E-state index in [0.717, 1.165) is 48.1 Å². The summed E-state index contributed by atoms with van der Waals surface area (Å²) in [5, 5.41) is 3.54. The molecule has 3 amide bonds. The molecular formula is C48H49N3O7. The van der Waals surface area contributed by atoms with Crippen LogP contribution in [0.4, 0.5) is 4.79 Å². The first-order valence-corrected chi connectivity index (χ1v) is 20.1. The van der Waals surface area contributed by atoms with Gasteiger partial charge in [0.25, 0.3) is 11.8 Å². The molecule has 0 unspecified atom stereocenters. The molecule has 0 atom stereocenters. The molecule has 5 aromatic rings. The smallest absolute Gasteiger partial charge is 0.407 e. The standard InChI is InChI=1S/C48H49N3O7/c1-56-38-26-24-37(25-27-38)48(35-16-6-4-7-17-35,36-18-8-5-9-19-36)50(33-30-46(54)58-51-44(52)28-29-45(51)53)32-15-3-2-14-31-49-47(55)57-34-43-41-22-12-10-20-39(41)40-21-11-13-23-42(40)43/h4-13,16-27,43H,2-3,14-15,28-34H2,1H3,(H,49,55). The quantitative estimate of drug-likeness (QED) is 0.0536. The highest BCUT2D eigenvalue weighted by Gasteiger charge is 2.42. The topological polar surface area (TPSA) is 114 Å². The number of hydrogen-bond donors (Lipinski definition) is 1. The number of carbonyl (C=O) groups excluding carboxylic acids is 4. The van der Waals surface area contributed by atoms with Gasteiger partial charge in [-0.1, -0.05) is 134 Å². The van der Waals surface area contributed by atoms with Gasteiger partial charge in [-0.05, 0) is 70.5 Å². The Balaban J connectivity index is 1.02. The van der Waals surface area contributed by atoms with Gasteiger partial charge >= 0.3 is 12.1 Å². The third-order valence-electron chi connectivity index (χ3n) is 11.1. The maximum atomic E-state index is 13.3. The fourth-order valence-corrected chi connectivity index (χ4v) is 8.34. The van der Waals surface area contributed by atoms with Crippen molar-refractivity contribution < 1.29 is 33.5 Å². The zero-order valence-electron chi connectivity index (χ0n) is 32.8. The molecular weight excluding hydrogens is 731 g/mol. The number of nitrogens with one attached hydrogen (secondary N) is 1. The van der Waals surface area contributed by atoms with E-state index in [1.165, 1.54) is 22.3 Å². The van der Waals surface area contributed by atoms with Crippen LogP contribution in [-0.2, 0) is 29.5 Å². The molecule has 1 N–H and O–H groups in total. The number of carbonyl (C=O) groups is 4. The summed E-state index contributed by atoms with van der Waals surface area (Å²) in [6.07, 6.45) is 2.88. The second kappa shape index (κ2) is 18.8. The van der Waals surface area contributed by atoms with Gasteiger partial charge < -0.3 is 19.6 Å².